The highest BCUT2D eigenvalue weighted by Crippen LogP contribution is 2.21. The second kappa shape index (κ2) is 3.92. The van der Waals surface area contributed by atoms with Gasteiger partial charge in [-0.25, -0.2) is 0 Å². The molecule has 2 rings (SSSR count). The van der Waals surface area contributed by atoms with Crippen molar-refractivity contribution in [2.75, 3.05) is 0 Å². The molecule has 0 unspecified atom stereocenters. The Morgan fingerprint density at radius 2 is 2.19 bits per heavy atom. The number of hydrogen-bond donors (Lipinski definition) is 1. The van der Waals surface area contributed by atoms with Crippen molar-refractivity contribution in [3.63, 3.8) is 0 Å². The summed E-state index contributed by atoms with van der Waals surface area (Å²) in [5.41, 5.74) is 1.16. The molecule has 16 heavy (non-hydrogen) atoms. The third-order valence-electron chi connectivity index (χ3n) is 2.58. The molecule has 5 nitrogen and oxygen atoms in total. The number of hydrogen-bond acceptors (Lipinski definition) is 3. The molecule has 0 aliphatic heterocycles. The van der Waals surface area contributed by atoms with Crippen molar-refractivity contribution < 1.29 is 9.72 Å². The predicted octanol–water partition coefficient (Wildman–Crippen LogP) is 1.80. The van der Waals surface area contributed by atoms with Crippen molar-refractivity contribution >= 4 is 11.6 Å². The van der Waals surface area contributed by atoms with Crippen molar-refractivity contribution in [1.82, 2.24) is 5.32 Å². The lowest BCUT2D eigenvalue weighted by molar-refractivity contribution is -0.384. The fraction of sp³-hybridized carbons (Fsp3) is 0.364. The van der Waals surface area contributed by atoms with E-state index in [9.17, 15) is 14.9 Å². The van der Waals surface area contributed by atoms with E-state index in [0.29, 0.717) is 17.2 Å². The molecule has 1 saturated carbocycles. The van der Waals surface area contributed by atoms with Crippen molar-refractivity contribution in [2.45, 2.75) is 25.8 Å². The molecule has 1 fully saturated rings. The molecule has 1 N–H and O–H groups in total. The molecule has 1 aliphatic carbocycles. The van der Waals surface area contributed by atoms with Crippen molar-refractivity contribution in [1.29, 1.82) is 0 Å². The molecular formula is C11H12N2O3. The first-order chi connectivity index (χ1) is 7.58. The van der Waals surface area contributed by atoms with Crippen LogP contribution in [0, 0.1) is 17.0 Å². The fourth-order valence-corrected chi connectivity index (χ4v) is 1.51. The van der Waals surface area contributed by atoms with Crippen molar-refractivity contribution in [2.24, 2.45) is 0 Å². The van der Waals surface area contributed by atoms with Crippen LogP contribution in [0.1, 0.15) is 28.8 Å². The number of aryl methyl sites for hydroxylation is 1. The predicted molar refractivity (Wildman–Crippen MR) is 58.3 cm³/mol. The zero-order valence-corrected chi connectivity index (χ0v) is 8.90. The minimum atomic E-state index is -0.463. The fourth-order valence-electron chi connectivity index (χ4n) is 1.51. The van der Waals surface area contributed by atoms with Crippen molar-refractivity contribution in [3.8, 4) is 0 Å². The Hall–Kier alpha value is -1.91. The number of nitrogens with zero attached hydrogens (tertiary/aromatic N) is 1. The third kappa shape index (κ3) is 2.18. The van der Waals surface area contributed by atoms with E-state index in [1.807, 2.05) is 0 Å². The van der Waals surface area contributed by atoms with E-state index in [1.165, 1.54) is 18.2 Å². The van der Waals surface area contributed by atoms with Gasteiger partial charge in [0.1, 0.15) is 0 Å². The van der Waals surface area contributed by atoms with Crippen LogP contribution in [0.4, 0.5) is 5.69 Å². The molecular weight excluding hydrogens is 208 g/mol. The van der Waals surface area contributed by atoms with Crippen LogP contribution in [0.2, 0.25) is 0 Å². The Kier molecular flexibility index (Phi) is 2.60. The van der Waals surface area contributed by atoms with Gasteiger partial charge < -0.3 is 5.32 Å². The molecule has 1 aliphatic rings. The number of nitrogens with one attached hydrogen (secondary N) is 1. The minimum Gasteiger partial charge on any atom is -0.349 e. The molecule has 0 spiro atoms. The Morgan fingerprint density at radius 1 is 1.50 bits per heavy atom. The SMILES string of the molecule is Cc1cc([N+](=O)[O-])ccc1C(=O)NC1CC1. The second-order valence-corrected chi connectivity index (χ2v) is 4.00. The maximum atomic E-state index is 11.7. The first-order valence-corrected chi connectivity index (χ1v) is 5.14. The summed E-state index contributed by atoms with van der Waals surface area (Å²) in [7, 11) is 0. The van der Waals surface area contributed by atoms with E-state index in [4.69, 9.17) is 0 Å². The van der Waals surface area contributed by atoms with Gasteiger partial charge in [0.2, 0.25) is 0 Å². The van der Waals surface area contributed by atoms with E-state index >= 15 is 0 Å². The van der Waals surface area contributed by atoms with E-state index in [-0.39, 0.29) is 11.6 Å². The summed E-state index contributed by atoms with van der Waals surface area (Å²) in [6.07, 6.45) is 2.05. The van der Waals surface area contributed by atoms with Gasteiger partial charge in [-0.2, -0.15) is 0 Å². The van der Waals surface area contributed by atoms with Gasteiger partial charge >= 0.3 is 0 Å². The average molecular weight is 220 g/mol. The Bertz CT molecular complexity index is 453. The Morgan fingerprint density at radius 3 is 2.69 bits per heavy atom. The van der Waals surface area contributed by atoms with Gasteiger partial charge in [-0.15, -0.1) is 0 Å². The lowest BCUT2D eigenvalue weighted by Crippen LogP contribution is -2.26. The molecule has 0 saturated heterocycles. The second-order valence-electron chi connectivity index (χ2n) is 4.00. The van der Waals surface area contributed by atoms with Crippen molar-refractivity contribution in [3.05, 3.63) is 39.4 Å². The summed E-state index contributed by atoms with van der Waals surface area (Å²) in [5.74, 6) is -0.144. The van der Waals surface area contributed by atoms with Gasteiger partial charge in [0.05, 0.1) is 4.92 Å². The van der Waals surface area contributed by atoms with Crippen LogP contribution in [-0.4, -0.2) is 16.9 Å². The van der Waals surface area contributed by atoms with Crippen LogP contribution in [0.15, 0.2) is 18.2 Å². The largest absolute Gasteiger partial charge is 0.349 e. The Balaban J connectivity index is 2.20. The van der Waals surface area contributed by atoms with E-state index in [0.717, 1.165) is 12.8 Å². The maximum Gasteiger partial charge on any atom is 0.269 e. The first kappa shape index (κ1) is 10.6. The Labute approximate surface area is 92.6 Å². The number of non-ortho nitro benzene ring substituents is 1. The van der Waals surface area contributed by atoms with Crippen LogP contribution in [-0.2, 0) is 0 Å². The number of rotatable bonds is 3. The molecule has 1 amide bonds. The number of amides is 1. The zero-order valence-electron chi connectivity index (χ0n) is 8.90. The first-order valence-electron chi connectivity index (χ1n) is 5.14. The minimum absolute atomic E-state index is 0.0143. The third-order valence-corrected chi connectivity index (χ3v) is 2.58. The number of nitro benzene ring substituents is 1. The van der Waals surface area contributed by atoms with Gasteiger partial charge in [0.15, 0.2) is 0 Å². The molecule has 0 aromatic heterocycles. The van der Waals surface area contributed by atoms with Gasteiger partial charge in [-0.1, -0.05) is 0 Å². The number of nitro groups is 1. The van der Waals surface area contributed by atoms with Crippen LogP contribution in [0.25, 0.3) is 0 Å². The smallest absolute Gasteiger partial charge is 0.269 e. The summed E-state index contributed by atoms with van der Waals surface area (Å²) in [6.45, 7) is 1.70. The summed E-state index contributed by atoms with van der Waals surface area (Å²) >= 11 is 0. The highest BCUT2D eigenvalue weighted by Gasteiger charge is 2.24. The standard InChI is InChI=1S/C11H12N2O3/c1-7-6-9(13(15)16)4-5-10(7)11(14)12-8-2-3-8/h4-6,8H,2-3H2,1H3,(H,12,14). The van der Waals surface area contributed by atoms with Crippen LogP contribution < -0.4 is 5.32 Å². The molecule has 0 atom stereocenters. The molecule has 1 aromatic carbocycles. The quantitative estimate of drug-likeness (QED) is 0.623. The van der Waals surface area contributed by atoms with Crippen LogP contribution in [0.3, 0.4) is 0 Å². The summed E-state index contributed by atoms with van der Waals surface area (Å²) in [6, 6.07) is 4.57. The summed E-state index contributed by atoms with van der Waals surface area (Å²) in [4.78, 5) is 21.8. The zero-order chi connectivity index (χ0) is 11.7. The number of carbonyl (C=O) groups excluding carboxylic acids is 1. The normalized spacial score (nSPS) is 14.6. The maximum absolute atomic E-state index is 11.7. The van der Waals surface area contributed by atoms with Gasteiger partial charge in [-0.05, 0) is 31.4 Å². The van der Waals surface area contributed by atoms with Gasteiger partial charge in [0, 0.05) is 23.7 Å². The van der Waals surface area contributed by atoms with E-state index in [1.54, 1.807) is 6.92 Å². The highest BCUT2D eigenvalue weighted by molar-refractivity contribution is 5.96. The summed E-state index contributed by atoms with van der Waals surface area (Å²) < 4.78 is 0. The average Bonchev–Trinajstić information content (AvgIpc) is 3.01. The number of carbonyl (C=O) groups is 1. The van der Waals surface area contributed by atoms with Crippen LogP contribution >= 0.6 is 0 Å². The van der Waals surface area contributed by atoms with Gasteiger partial charge in [0.25, 0.3) is 11.6 Å². The molecule has 84 valence electrons. The molecule has 0 bridgehead atoms. The lowest BCUT2D eigenvalue weighted by atomic mass is 10.1. The molecule has 0 heterocycles. The molecule has 0 radical (unpaired) electrons. The lowest BCUT2D eigenvalue weighted by Gasteiger charge is -2.05. The topological polar surface area (TPSA) is 72.2 Å². The monoisotopic (exact) mass is 220 g/mol. The summed E-state index contributed by atoms with van der Waals surface area (Å²) in [5, 5.41) is 13.4. The van der Waals surface area contributed by atoms with Gasteiger partial charge in [-0.3, -0.25) is 14.9 Å². The van der Waals surface area contributed by atoms with E-state index in [2.05, 4.69) is 5.32 Å². The molecule has 5 heteroatoms. The van der Waals surface area contributed by atoms with E-state index < -0.39 is 4.92 Å². The highest BCUT2D eigenvalue weighted by atomic mass is 16.6. The number of benzene rings is 1. The molecule has 1 aromatic rings. The van der Waals surface area contributed by atoms with Crippen LogP contribution in [0.5, 0.6) is 0 Å².